The molecule has 1 heterocycles. The van der Waals surface area contributed by atoms with E-state index in [0.29, 0.717) is 25.4 Å². The molecule has 1 N–H and O–H groups in total. The van der Waals surface area contributed by atoms with Crippen LogP contribution in [-0.2, 0) is 35.9 Å². The Balaban J connectivity index is 1.96. The molecule has 234 valence electrons. The molecular weight excluding hydrogens is 549 g/mol. The largest absolute Gasteiger partial charge is 0.507 e. The number of rotatable bonds is 3. The highest BCUT2D eigenvalue weighted by Gasteiger charge is 2.31. The average Bonchev–Trinajstić information content (AvgIpc) is 2.85. The molecule has 1 aliphatic rings. The van der Waals surface area contributed by atoms with Crippen LogP contribution in [-0.4, -0.2) is 16.2 Å². The Hall–Kier alpha value is -2.55. The first kappa shape index (κ1) is 33.3. The van der Waals surface area contributed by atoms with E-state index in [9.17, 15) is 5.11 Å². The van der Waals surface area contributed by atoms with Crippen molar-refractivity contribution in [3.63, 3.8) is 0 Å². The molecule has 0 amide bonds. The van der Waals surface area contributed by atoms with Gasteiger partial charge in [-0.1, -0.05) is 122 Å². The molecule has 3 aromatic carbocycles. The lowest BCUT2D eigenvalue weighted by molar-refractivity contribution is 0.237. The van der Waals surface area contributed by atoms with Crippen LogP contribution in [0.25, 0.3) is 0 Å². The van der Waals surface area contributed by atoms with Crippen LogP contribution in [0.1, 0.15) is 119 Å². The van der Waals surface area contributed by atoms with E-state index in [1.54, 1.807) is 0 Å². The van der Waals surface area contributed by atoms with Crippen molar-refractivity contribution in [2.24, 2.45) is 0 Å². The number of benzene rings is 3. The summed E-state index contributed by atoms with van der Waals surface area (Å²) in [5, 5.41) is 11.6. The molecule has 5 heteroatoms. The molecule has 0 bridgehead atoms. The van der Waals surface area contributed by atoms with Gasteiger partial charge >= 0.3 is 0 Å². The van der Waals surface area contributed by atoms with Gasteiger partial charge in [-0.05, 0) is 42.6 Å². The maximum atomic E-state index is 11.6. The summed E-state index contributed by atoms with van der Waals surface area (Å²) in [4.78, 5) is 2.45. The summed E-state index contributed by atoms with van der Waals surface area (Å²) in [5.74, 6) is 2.30. The van der Waals surface area contributed by atoms with Crippen molar-refractivity contribution >= 4 is 8.38 Å². The zero-order valence-electron chi connectivity index (χ0n) is 29.0. The van der Waals surface area contributed by atoms with Gasteiger partial charge < -0.3 is 14.2 Å². The van der Waals surface area contributed by atoms with Crippen molar-refractivity contribution < 1.29 is 14.2 Å². The van der Waals surface area contributed by atoms with Gasteiger partial charge in [0.15, 0.2) is 0 Å². The Morgan fingerprint density at radius 1 is 0.651 bits per heavy atom. The van der Waals surface area contributed by atoms with Crippen molar-refractivity contribution in [3.8, 4) is 17.2 Å². The quantitative estimate of drug-likeness (QED) is 0.303. The summed E-state index contributed by atoms with van der Waals surface area (Å²) in [6, 6.07) is 13.4. The van der Waals surface area contributed by atoms with Crippen LogP contribution in [0.15, 0.2) is 36.4 Å². The Labute approximate surface area is 262 Å². The minimum atomic E-state index is -1.21. The first-order valence-corrected chi connectivity index (χ1v) is 17.1. The highest BCUT2D eigenvalue weighted by atomic mass is 31.2. The zero-order valence-corrected chi connectivity index (χ0v) is 29.8. The van der Waals surface area contributed by atoms with Gasteiger partial charge in [-0.15, -0.1) is 0 Å². The molecule has 4 nitrogen and oxygen atoms in total. The van der Waals surface area contributed by atoms with Gasteiger partial charge in [-0.2, -0.15) is 0 Å². The molecule has 1 aliphatic heterocycles. The highest BCUT2D eigenvalue weighted by Crippen LogP contribution is 2.50. The van der Waals surface area contributed by atoms with E-state index in [-0.39, 0.29) is 16.2 Å². The molecular formula is C38H54NO3P. The van der Waals surface area contributed by atoms with Crippen LogP contribution in [0, 0.1) is 20.8 Å². The van der Waals surface area contributed by atoms with Crippen molar-refractivity contribution in [2.75, 3.05) is 6.16 Å². The molecule has 3 aromatic rings. The van der Waals surface area contributed by atoms with Crippen LogP contribution < -0.4 is 9.05 Å². The number of nitrogens with zero attached hydrogens (tertiary/aromatic N) is 1. The maximum absolute atomic E-state index is 11.6. The Morgan fingerprint density at radius 2 is 1.05 bits per heavy atom. The molecule has 0 unspecified atom stereocenters. The Bertz CT molecular complexity index is 1410. The number of hydrogen-bond donors (Lipinski definition) is 1. The third-order valence-corrected chi connectivity index (χ3v) is 9.49. The van der Waals surface area contributed by atoms with Gasteiger partial charge in [0.2, 0.25) is 0 Å². The van der Waals surface area contributed by atoms with Crippen LogP contribution >= 0.6 is 8.38 Å². The zero-order chi connectivity index (χ0) is 32.1. The van der Waals surface area contributed by atoms with Gasteiger partial charge in [0.05, 0.1) is 0 Å². The lowest BCUT2D eigenvalue weighted by Crippen LogP contribution is -2.26. The summed E-state index contributed by atoms with van der Waals surface area (Å²) in [7, 11) is -1.21. The molecule has 0 aliphatic carbocycles. The minimum absolute atomic E-state index is 0.0954. The normalized spacial score (nSPS) is 15.4. The molecule has 0 saturated carbocycles. The van der Waals surface area contributed by atoms with Gasteiger partial charge in [0.1, 0.15) is 17.2 Å². The van der Waals surface area contributed by atoms with Crippen LogP contribution in [0.3, 0.4) is 0 Å². The molecule has 0 spiro atoms. The lowest BCUT2D eigenvalue weighted by Gasteiger charge is -2.34. The number of aryl methyl sites for hydroxylation is 3. The fourth-order valence-electron chi connectivity index (χ4n) is 6.05. The first-order valence-electron chi connectivity index (χ1n) is 15.7. The van der Waals surface area contributed by atoms with E-state index in [1.165, 1.54) is 33.4 Å². The van der Waals surface area contributed by atoms with Gasteiger partial charge in [0, 0.05) is 53.6 Å². The van der Waals surface area contributed by atoms with E-state index in [1.807, 2.05) is 0 Å². The van der Waals surface area contributed by atoms with Crippen LogP contribution in [0.2, 0.25) is 0 Å². The second-order valence-electron chi connectivity index (χ2n) is 15.6. The predicted molar refractivity (Wildman–Crippen MR) is 183 cm³/mol. The average molecular weight is 604 g/mol. The number of fused-ring (bicyclic) bond motifs is 2. The second-order valence-corrected chi connectivity index (χ2v) is 17.3. The monoisotopic (exact) mass is 603 g/mol. The fourth-order valence-corrected chi connectivity index (χ4v) is 7.18. The third-order valence-electron chi connectivity index (χ3n) is 8.20. The summed E-state index contributed by atoms with van der Waals surface area (Å²) >= 11 is 0. The number of hydrogen-bond acceptors (Lipinski definition) is 4. The summed E-state index contributed by atoms with van der Waals surface area (Å²) < 4.78 is 13.9. The molecule has 0 aromatic heterocycles. The predicted octanol–water partition coefficient (Wildman–Crippen LogP) is 10.5. The summed E-state index contributed by atoms with van der Waals surface area (Å²) in [5.41, 5.74) is 9.97. The Kier molecular flexibility index (Phi) is 9.38. The highest BCUT2D eigenvalue weighted by molar-refractivity contribution is 7.48. The third kappa shape index (κ3) is 7.58. The lowest BCUT2D eigenvalue weighted by atomic mass is 9.83. The first-order chi connectivity index (χ1) is 19.8. The van der Waals surface area contributed by atoms with Gasteiger partial charge in [0.25, 0.3) is 8.38 Å². The molecule has 0 saturated heterocycles. The summed E-state index contributed by atoms with van der Waals surface area (Å²) in [6.07, 6.45) is 0.791. The van der Waals surface area contributed by atoms with E-state index < -0.39 is 8.38 Å². The number of phenols is 1. The Morgan fingerprint density at radius 3 is 1.44 bits per heavy atom. The second kappa shape index (κ2) is 12.1. The van der Waals surface area contributed by atoms with Gasteiger partial charge in [-0.3, -0.25) is 4.90 Å². The smallest absolute Gasteiger partial charge is 0.290 e. The van der Waals surface area contributed by atoms with Crippen LogP contribution in [0.4, 0.5) is 0 Å². The standard InChI is InChI=1S/C38H54NO3P/c1-14-43-41-34-28(16-25(3)19-31(34)37(8,9)10)22-39(21-27-15-24(2)18-30(33(27)40)36(5,6)7)23-29-17-26(4)20-32(35(29)42-43)38(11,12)13/h15-20,40H,14,21-23H2,1-13H3. The molecule has 43 heavy (non-hydrogen) atoms. The van der Waals surface area contributed by atoms with E-state index >= 15 is 0 Å². The fraction of sp³-hybridized carbons (Fsp3) is 0.526. The van der Waals surface area contributed by atoms with Crippen molar-refractivity contribution in [1.82, 2.24) is 4.90 Å². The van der Waals surface area contributed by atoms with Crippen molar-refractivity contribution in [1.29, 1.82) is 0 Å². The van der Waals surface area contributed by atoms with Crippen LogP contribution in [0.5, 0.6) is 17.2 Å². The molecule has 0 atom stereocenters. The maximum Gasteiger partial charge on any atom is 0.290 e. The van der Waals surface area contributed by atoms with Crippen molar-refractivity contribution in [2.45, 2.75) is 126 Å². The molecule has 0 fully saturated rings. The topological polar surface area (TPSA) is 41.9 Å². The minimum Gasteiger partial charge on any atom is -0.507 e. The molecule has 0 radical (unpaired) electrons. The van der Waals surface area contributed by atoms with E-state index in [2.05, 4.69) is 131 Å². The van der Waals surface area contributed by atoms with Gasteiger partial charge in [-0.25, -0.2) is 0 Å². The van der Waals surface area contributed by atoms with E-state index in [4.69, 9.17) is 9.05 Å². The molecule has 4 rings (SSSR count). The number of phenolic OH excluding ortho intramolecular Hbond substituents is 1. The summed E-state index contributed by atoms with van der Waals surface area (Å²) in [6.45, 7) is 30.7. The van der Waals surface area contributed by atoms with Crippen molar-refractivity contribution in [3.05, 3.63) is 86.5 Å². The SMILES string of the molecule is CCP1Oc2c(cc(C)cc2C(C)(C)C)CN(Cc2cc(C)cc(C(C)(C)C)c2O)Cc2cc(C)cc(C(C)(C)C)c2O1. The number of aromatic hydroxyl groups is 1. The van der Waals surface area contributed by atoms with E-state index in [0.717, 1.165) is 34.4 Å².